The van der Waals surface area contributed by atoms with Gasteiger partial charge in [-0.3, -0.25) is 0 Å². The summed E-state index contributed by atoms with van der Waals surface area (Å²) in [5.74, 6) is 1.81. The van der Waals surface area contributed by atoms with E-state index in [2.05, 4.69) is 0 Å². The van der Waals surface area contributed by atoms with Crippen LogP contribution in [0.2, 0.25) is 0 Å². The number of Topliss-reactive ketones (excluding diaryl/α,β-unsaturated/α-hetero) is 1. The normalized spacial score (nSPS) is 8.75. The predicted molar refractivity (Wildman–Crippen MR) is 65.1 cm³/mol. The molecule has 0 saturated carbocycles. The first-order valence-electron chi connectivity index (χ1n) is 5.43. The van der Waals surface area contributed by atoms with E-state index in [0.29, 0.717) is 13.2 Å². The Morgan fingerprint density at radius 2 is 1.31 bits per heavy atom. The smallest absolute Gasteiger partial charge is 0.161 e. The van der Waals surface area contributed by atoms with Crippen LogP contribution >= 0.6 is 0 Å². The van der Waals surface area contributed by atoms with Gasteiger partial charge in [0.25, 0.3) is 0 Å². The molecule has 0 amide bonds. The Labute approximate surface area is 97.4 Å². The second kappa shape index (κ2) is 8.77. The zero-order valence-corrected chi connectivity index (χ0v) is 10.4. The molecule has 0 atom stereocenters. The van der Waals surface area contributed by atoms with Gasteiger partial charge >= 0.3 is 0 Å². The van der Waals surface area contributed by atoms with Crippen LogP contribution in [0.25, 0.3) is 0 Å². The summed E-state index contributed by atoms with van der Waals surface area (Å²) in [7, 11) is 0. The molecule has 1 aromatic carbocycles. The van der Waals surface area contributed by atoms with Crippen molar-refractivity contribution in [3.05, 3.63) is 24.3 Å². The number of carbonyl (C=O) groups excluding carboxylic acids is 1. The molecule has 1 aromatic rings. The Morgan fingerprint density at radius 3 is 1.56 bits per heavy atom. The molecule has 1 rings (SSSR count). The molecule has 0 heterocycles. The number of carbonyl (C=O) groups is 1. The number of para-hydroxylation sites is 2. The Kier molecular flexibility index (Phi) is 7.94. The Bertz CT molecular complexity index is 279. The highest BCUT2D eigenvalue weighted by Gasteiger charge is 2.00. The molecule has 0 aromatic heterocycles. The molecule has 0 aliphatic carbocycles. The summed E-state index contributed by atoms with van der Waals surface area (Å²) in [4.78, 5) is 9.44. The molecule has 0 spiro atoms. The second-order valence-electron chi connectivity index (χ2n) is 3.22. The van der Waals surface area contributed by atoms with Crippen LogP contribution in [0.1, 0.15) is 27.7 Å². The van der Waals surface area contributed by atoms with E-state index in [4.69, 9.17) is 9.47 Å². The number of hydrogen-bond acceptors (Lipinski definition) is 3. The van der Waals surface area contributed by atoms with Gasteiger partial charge in [-0.2, -0.15) is 0 Å². The highest BCUT2D eigenvalue weighted by atomic mass is 16.5. The van der Waals surface area contributed by atoms with E-state index >= 15 is 0 Å². The van der Waals surface area contributed by atoms with Crippen LogP contribution in [-0.4, -0.2) is 19.0 Å². The molecule has 0 bridgehead atoms. The van der Waals surface area contributed by atoms with Crippen LogP contribution < -0.4 is 9.47 Å². The maximum absolute atomic E-state index is 9.44. The minimum Gasteiger partial charge on any atom is -0.490 e. The van der Waals surface area contributed by atoms with Crippen molar-refractivity contribution in [2.45, 2.75) is 27.7 Å². The molecule has 0 aliphatic heterocycles. The van der Waals surface area contributed by atoms with Gasteiger partial charge in [-0.05, 0) is 39.8 Å². The fourth-order valence-corrected chi connectivity index (χ4v) is 1.000. The molecule has 0 radical (unpaired) electrons. The van der Waals surface area contributed by atoms with Gasteiger partial charge in [0.2, 0.25) is 0 Å². The van der Waals surface area contributed by atoms with Crippen molar-refractivity contribution in [3.8, 4) is 11.5 Å². The zero-order valence-electron chi connectivity index (χ0n) is 10.4. The van der Waals surface area contributed by atoms with Crippen molar-refractivity contribution in [1.82, 2.24) is 0 Å². The van der Waals surface area contributed by atoms with Crippen molar-refractivity contribution in [3.63, 3.8) is 0 Å². The molecule has 0 aliphatic rings. The summed E-state index contributed by atoms with van der Waals surface area (Å²) in [6.45, 7) is 8.32. The Hall–Kier alpha value is -1.51. The Morgan fingerprint density at radius 1 is 1.00 bits per heavy atom. The average Bonchev–Trinajstić information content (AvgIpc) is 2.21. The number of rotatable bonds is 4. The lowest BCUT2D eigenvalue weighted by Gasteiger charge is -2.09. The van der Waals surface area contributed by atoms with Crippen LogP contribution in [0.15, 0.2) is 24.3 Å². The molecular formula is C13H20O3. The summed E-state index contributed by atoms with van der Waals surface area (Å²) >= 11 is 0. The number of benzene rings is 1. The van der Waals surface area contributed by atoms with Crippen LogP contribution in [0, 0.1) is 0 Å². The van der Waals surface area contributed by atoms with Crippen LogP contribution in [0.5, 0.6) is 11.5 Å². The van der Waals surface area contributed by atoms with Crippen LogP contribution in [0.3, 0.4) is 0 Å². The largest absolute Gasteiger partial charge is 0.490 e. The maximum atomic E-state index is 9.44. The van der Waals surface area contributed by atoms with Crippen LogP contribution in [-0.2, 0) is 4.79 Å². The molecule has 0 N–H and O–H groups in total. The standard InChI is InChI=1S/C10H14O2.C3H6O/c1-3-11-9-7-5-6-8-10(9)12-4-2;1-3(2)4/h5-8H,3-4H2,1-2H3;1-2H3. The van der Waals surface area contributed by atoms with Crippen LogP contribution in [0.4, 0.5) is 0 Å². The van der Waals surface area contributed by atoms with Gasteiger partial charge in [0.05, 0.1) is 13.2 Å². The van der Waals surface area contributed by atoms with Crippen molar-refractivity contribution < 1.29 is 14.3 Å². The maximum Gasteiger partial charge on any atom is 0.161 e. The number of ether oxygens (including phenoxy) is 2. The topological polar surface area (TPSA) is 35.5 Å². The molecule has 16 heavy (non-hydrogen) atoms. The summed E-state index contributed by atoms with van der Waals surface area (Å²) in [6, 6.07) is 7.70. The summed E-state index contributed by atoms with van der Waals surface area (Å²) in [5, 5.41) is 0. The molecule has 3 heteroatoms. The summed E-state index contributed by atoms with van der Waals surface area (Å²) < 4.78 is 10.7. The van der Waals surface area contributed by atoms with E-state index in [1.54, 1.807) is 0 Å². The SMILES string of the molecule is CC(C)=O.CCOc1ccccc1OCC. The molecule has 3 nitrogen and oxygen atoms in total. The molecule has 90 valence electrons. The highest BCUT2D eigenvalue weighted by molar-refractivity contribution is 5.72. The molecular weight excluding hydrogens is 204 g/mol. The minimum absolute atomic E-state index is 0.167. The van der Waals surface area contributed by atoms with E-state index in [1.807, 2.05) is 38.1 Å². The Balaban J connectivity index is 0.000000487. The van der Waals surface area contributed by atoms with E-state index in [9.17, 15) is 4.79 Å². The summed E-state index contributed by atoms with van der Waals surface area (Å²) in [6.07, 6.45) is 0. The van der Waals surface area contributed by atoms with E-state index in [1.165, 1.54) is 13.8 Å². The number of hydrogen-bond donors (Lipinski definition) is 0. The highest BCUT2D eigenvalue weighted by Crippen LogP contribution is 2.25. The first-order valence-corrected chi connectivity index (χ1v) is 5.43. The first kappa shape index (κ1) is 14.5. The monoisotopic (exact) mass is 224 g/mol. The van der Waals surface area contributed by atoms with Gasteiger partial charge in [0.15, 0.2) is 11.5 Å². The van der Waals surface area contributed by atoms with Crippen molar-refractivity contribution in [2.75, 3.05) is 13.2 Å². The minimum atomic E-state index is 0.167. The third-order valence-corrected chi connectivity index (χ3v) is 1.45. The van der Waals surface area contributed by atoms with E-state index in [0.717, 1.165) is 11.5 Å². The third kappa shape index (κ3) is 6.87. The first-order chi connectivity index (χ1) is 7.61. The third-order valence-electron chi connectivity index (χ3n) is 1.45. The quantitative estimate of drug-likeness (QED) is 0.788. The molecule has 0 fully saturated rings. The van der Waals surface area contributed by atoms with Crippen molar-refractivity contribution in [1.29, 1.82) is 0 Å². The van der Waals surface area contributed by atoms with E-state index < -0.39 is 0 Å². The average molecular weight is 224 g/mol. The zero-order chi connectivity index (χ0) is 12.4. The van der Waals surface area contributed by atoms with E-state index in [-0.39, 0.29) is 5.78 Å². The fraction of sp³-hybridized carbons (Fsp3) is 0.462. The lowest BCUT2D eigenvalue weighted by atomic mass is 10.3. The van der Waals surface area contributed by atoms with Gasteiger partial charge in [0, 0.05) is 0 Å². The molecule has 0 unspecified atom stereocenters. The van der Waals surface area contributed by atoms with Gasteiger partial charge in [-0.25, -0.2) is 0 Å². The fourth-order valence-electron chi connectivity index (χ4n) is 1.000. The second-order valence-corrected chi connectivity index (χ2v) is 3.22. The lowest BCUT2D eigenvalue weighted by molar-refractivity contribution is -0.114. The lowest BCUT2D eigenvalue weighted by Crippen LogP contribution is -1.97. The summed E-state index contributed by atoms with van der Waals surface area (Å²) in [5.41, 5.74) is 0. The van der Waals surface area contributed by atoms with Gasteiger partial charge < -0.3 is 14.3 Å². The predicted octanol–water partition coefficient (Wildman–Crippen LogP) is 3.08. The van der Waals surface area contributed by atoms with Gasteiger partial charge in [0.1, 0.15) is 5.78 Å². The van der Waals surface area contributed by atoms with Gasteiger partial charge in [-0.15, -0.1) is 0 Å². The van der Waals surface area contributed by atoms with Crippen molar-refractivity contribution in [2.24, 2.45) is 0 Å². The molecule has 0 saturated heterocycles. The van der Waals surface area contributed by atoms with Crippen molar-refractivity contribution >= 4 is 5.78 Å². The number of ketones is 1. The van der Waals surface area contributed by atoms with Gasteiger partial charge in [-0.1, -0.05) is 12.1 Å².